The van der Waals surface area contributed by atoms with Gasteiger partial charge in [0.25, 0.3) is 0 Å². The van der Waals surface area contributed by atoms with Crippen molar-refractivity contribution in [3.8, 4) is 0 Å². The largest absolute Gasteiger partial charge is 0.393 e. The monoisotopic (exact) mass is 210 g/mol. The van der Waals surface area contributed by atoms with Gasteiger partial charge < -0.3 is 5.11 Å². The molecule has 1 rings (SSSR count). The van der Waals surface area contributed by atoms with Crippen molar-refractivity contribution in [3.63, 3.8) is 0 Å². The number of aryl methyl sites for hydroxylation is 2. The van der Waals surface area contributed by atoms with Gasteiger partial charge in [0.05, 0.1) is 11.8 Å². The maximum Gasteiger partial charge on any atom is 0.0656 e. The summed E-state index contributed by atoms with van der Waals surface area (Å²) in [5.41, 5.74) is 3.75. The number of nitrogens with zero attached hydrogens (tertiary/aromatic N) is 2. The Morgan fingerprint density at radius 1 is 1.40 bits per heavy atom. The average molecular weight is 210 g/mol. The maximum atomic E-state index is 9.24. The summed E-state index contributed by atoms with van der Waals surface area (Å²) in [6, 6.07) is 0. The zero-order valence-electron chi connectivity index (χ0n) is 10.2. The van der Waals surface area contributed by atoms with Crippen LogP contribution in [0.5, 0.6) is 0 Å². The van der Waals surface area contributed by atoms with E-state index in [4.69, 9.17) is 0 Å². The van der Waals surface area contributed by atoms with Crippen LogP contribution in [0, 0.1) is 13.8 Å². The fourth-order valence-corrected chi connectivity index (χ4v) is 1.70. The molecule has 0 radical (unpaired) electrons. The van der Waals surface area contributed by atoms with Gasteiger partial charge in [-0.15, -0.1) is 0 Å². The second-order valence-corrected chi connectivity index (χ2v) is 4.27. The molecule has 1 atom stereocenters. The molecule has 0 amide bonds. The Morgan fingerprint density at radius 3 is 2.60 bits per heavy atom. The number of hydrogen-bond donors (Lipinski definition) is 1. The highest BCUT2D eigenvalue weighted by Gasteiger charge is 2.10. The van der Waals surface area contributed by atoms with Crippen molar-refractivity contribution in [2.45, 2.75) is 59.6 Å². The lowest BCUT2D eigenvalue weighted by Gasteiger charge is -2.06. The van der Waals surface area contributed by atoms with E-state index >= 15 is 0 Å². The molecule has 3 heteroatoms. The molecule has 15 heavy (non-hydrogen) atoms. The predicted molar refractivity (Wildman–Crippen MR) is 62.0 cm³/mol. The highest BCUT2D eigenvalue weighted by atomic mass is 16.3. The SMILES string of the molecule is CCCc1nn(CCC(C)O)c(C)c1C. The fraction of sp³-hybridized carbons (Fsp3) is 0.750. The first-order valence-electron chi connectivity index (χ1n) is 5.77. The van der Waals surface area contributed by atoms with Gasteiger partial charge in [-0.3, -0.25) is 4.68 Å². The summed E-state index contributed by atoms with van der Waals surface area (Å²) in [5, 5.41) is 13.8. The summed E-state index contributed by atoms with van der Waals surface area (Å²) in [7, 11) is 0. The summed E-state index contributed by atoms with van der Waals surface area (Å²) in [6.07, 6.45) is 2.71. The Morgan fingerprint density at radius 2 is 2.07 bits per heavy atom. The minimum atomic E-state index is -0.247. The summed E-state index contributed by atoms with van der Waals surface area (Å²) >= 11 is 0. The topological polar surface area (TPSA) is 38.0 Å². The lowest BCUT2D eigenvalue weighted by atomic mass is 10.1. The molecule has 1 unspecified atom stereocenters. The molecule has 3 nitrogen and oxygen atoms in total. The van der Waals surface area contributed by atoms with E-state index in [-0.39, 0.29) is 6.10 Å². The van der Waals surface area contributed by atoms with E-state index in [0.717, 1.165) is 25.8 Å². The Kier molecular flexibility index (Phi) is 4.33. The van der Waals surface area contributed by atoms with E-state index < -0.39 is 0 Å². The van der Waals surface area contributed by atoms with E-state index in [1.165, 1.54) is 17.0 Å². The number of rotatable bonds is 5. The van der Waals surface area contributed by atoms with Gasteiger partial charge in [0.15, 0.2) is 0 Å². The van der Waals surface area contributed by atoms with Crippen molar-refractivity contribution in [3.05, 3.63) is 17.0 Å². The second kappa shape index (κ2) is 5.31. The van der Waals surface area contributed by atoms with Crippen LogP contribution in [0.25, 0.3) is 0 Å². The lowest BCUT2D eigenvalue weighted by molar-refractivity contribution is 0.176. The number of hydrogen-bond acceptors (Lipinski definition) is 2. The van der Waals surface area contributed by atoms with Crippen LogP contribution in [0.1, 0.15) is 43.6 Å². The van der Waals surface area contributed by atoms with Crippen molar-refractivity contribution < 1.29 is 5.11 Å². The van der Waals surface area contributed by atoms with Gasteiger partial charge in [0.2, 0.25) is 0 Å². The predicted octanol–water partition coefficient (Wildman–Crippen LogP) is 2.22. The molecule has 0 bridgehead atoms. The van der Waals surface area contributed by atoms with Crippen molar-refractivity contribution >= 4 is 0 Å². The number of aliphatic hydroxyl groups is 1. The van der Waals surface area contributed by atoms with Gasteiger partial charge in [0, 0.05) is 12.2 Å². The van der Waals surface area contributed by atoms with E-state index in [2.05, 4.69) is 25.9 Å². The Bertz CT molecular complexity index is 316. The van der Waals surface area contributed by atoms with E-state index in [1.807, 2.05) is 11.6 Å². The Balaban J connectivity index is 2.76. The average Bonchev–Trinajstić information content (AvgIpc) is 2.44. The van der Waals surface area contributed by atoms with Crippen LogP contribution in [0.4, 0.5) is 0 Å². The molecule has 0 aliphatic heterocycles. The molecule has 1 aromatic heterocycles. The van der Waals surface area contributed by atoms with Gasteiger partial charge in [0.1, 0.15) is 0 Å². The normalized spacial score (nSPS) is 13.1. The summed E-state index contributed by atoms with van der Waals surface area (Å²) < 4.78 is 2.02. The number of aromatic nitrogens is 2. The maximum absolute atomic E-state index is 9.24. The van der Waals surface area contributed by atoms with Crippen LogP contribution in [0.3, 0.4) is 0 Å². The molecule has 0 saturated carbocycles. The van der Waals surface area contributed by atoms with Gasteiger partial charge in [-0.2, -0.15) is 5.10 Å². The highest BCUT2D eigenvalue weighted by molar-refractivity contribution is 5.23. The first kappa shape index (κ1) is 12.2. The Hall–Kier alpha value is -0.830. The van der Waals surface area contributed by atoms with Gasteiger partial charge >= 0.3 is 0 Å². The molecule has 1 heterocycles. The summed E-state index contributed by atoms with van der Waals surface area (Å²) in [5.74, 6) is 0. The molecule has 0 saturated heterocycles. The van der Waals surface area contributed by atoms with Crippen LogP contribution in [-0.4, -0.2) is 21.0 Å². The summed E-state index contributed by atoms with van der Waals surface area (Å²) in [4.78, 5) is 0. The molecule has 0 aliphatic carbocycles. The third kappa shape index (κ3) is 3.06. The lowest BCUT2D eigenvalue weighted by Crippen LogP contribution is -2.09. The van der Waals surface area contributed by atoms with Crippen molar-refractivity contribution in [1.29, 1.82) is 0 Å². The van der Waals surface area contributed by atoms with Gasteiger partial charge in [-0.1, -0.05) is 13.3 Å². The minimum Gasteiger partial charge on any atom is -0.393 e. The van der Waals surface area contributed by atoms with Crippen LogP contribution < -0.4 is 0 Å². The fourth-order valence-electron chi connectivity index (χ4n) is 1.70. The first-order chi connectivity index (χ1) is 7.06. The van der Waals surface area contributed by atoms with Gasteiger partial charge in [-0.05, 0) is 39.2 Å². The molecular formula is C12H22N2O. The molecule has 0 aliphatic rings. The molecule has 86 valence electrons. The van der Waals surface area contributed by atoms with Crippen LogP contribution in [0.15, 0.2) is 0 Å². The van der Waals surface area contributed by atoms with Gasteiger partial charge in [-0.25, -0.2) is 0 Å². The van der Waals surface area contributed by atoms with Crippen molar-refractivity contribution in [2.24, 2.45) is 0 Å². The van der Waals surface area contributed by atoms with Crippen LogP contribution >= 0.6 is 0 Å². The second-order valence-electron chi connectivity index (χ2n) is 4.27. The highest BCUT2D eigenvalue weighted by Crippen LogP contribution is 2.14. The smallest absolute Gasteiger partial charge is 0.0656 e. The number of aliphatic hydroxyl groups excluding tert-OH is 1. The third-order valence-electron chi connectivity index (χ3n) is 2.85. The standard InChI is InChI=1S/C12H22N2O/c1-5-6-12-10(3)11(4)14(13-12)8-7-9(2)15/h9,15H,5-8H2,1-4H3. The Labute approximate surface area is 92.1 Å². The van der Waals surface area contributed by atoms with Crippen LogP contribution in [-0.2, 0) is 13.0 Å². The zero-order chi connectivity index (χ0) is 11.4. The van der Waals surface area contributed by atoms with Crippen molar-refractivity contribution in [1.82, 2.24) is 9.78 Å². The zero-order valence-corrected chi connectivity index (χ0v) is 10.2. The van der Waals surface area contributed by atoms with Crippen molar-refractivity contribution in [2.75, 3.05) is 0 Å². The van der Waals surface area contributed by atoms with Crippen LogP contribution in [0.2, 0.25) is 0 Å². The molecule has 0 fully saturated rings. The molecule has 1 aromatic rings. The molecule has 1 N–H and O–H groups in total. The quantitative estimate of drug-likeness (QED) is 0.809. The summed E-state index contributed by atoms with van der Waals surface area (Å²) in [6.45, 7) is 9.03. The molecule has 0 aromatic carbocycles. The molecular weight excluding hydrogens is 188 g/mol. The molecule has 0 spiro atoms. The minimum absolute atomic E-state index is 0.247. The van der Waals surface area contributed by atoms with E-state index in [0.29, 0.717) is 0 Å². The van der Waals surface area contributed by atoms with E-state index in [1.54, 1.807) is 0 Å². The first-order valence-corrected chi connectivity index (χ1v) is 5.77. The third-order valence-corrected chi connectivity index (χ3v) is 2.85. The van der Waals surface area contributed by atoms with E-state index in [9.17, 15) is 5.11 Å².